The Morgan fingerprint density at radius 2 is 1.09 bits per heavy atom. The van der Waals surface area contributed by atoms with Crippen molar-refractivity contribution < 1.29 is 37.9 Å². The maximum Gasteiger partial charge on any atom is 0.186 e. The van der Waals surface area contributed by atoms with Gasteiger partial charge in [-0.25, -0.2) is 0 Å². The largest absolute Gasteiger partial charge is 0.378 e. The van der Waals surface area contributed by atoms with E-state index in [0.717, 1.165) is 67.3 Å². The van der Waals surface area contributed by atoms with Crippen LogP contribution in [0.1, 0.15) is 22.3 Å². The van der Waals surface area contributed by atoms with Crippen molar-refractivity contribution in [1.82, 2.24) is 0 Å². The first-order valence-corrected chi connectivity index (χ1v) is 18.8. The summed E-state index contributed by atoms with van der Waals surface area (Å²) in [7, 11) is 1.65. The third kappa shape index (κ3) is 10.2. The summed E-state index contributed by atoms with van der Waals surface area (Å²) in [6.45, 7) is 8.21. The summed E-state index contributed by atoms with van der Waals surface area (Å²) in [6, 6.07) is 37.3. The van der Waals surface area contributed by atoms with E-state index in [-0.39, 0.29) is 6.61 Å². The van der Waals surface area contributed by atoms with E-state index in [9.17, 15) is 0 Å². The summed E-state index contributed by atoms with van der Waals surface area (Å²) in [4.78, 5) is 4.70. The monoisotopic (exact) mass is 724 g/mol. The number of hydrogen-bond acceptors (Lipinski definition) is 10. The second kappa shape index (κ2) is 19.5. The Hall–Kier alpha value is -3.84. The quantitative estimate of drug-likeness (QED) is 0.137. The highest BCUT2D eigenvalue weighted by Gasteiger charge is 2.49. The van der Waals surface area contributed by atoms with Gasteiger partial charge in [0.2, 0.25) is 0 Å². The molecule has 4 aromatic carbocycles. The van der Waals surface area contributed by atoms with Crippen LogP contribution in [0.2, 0.25) is 0 Å². The summed E-state index contributed by atoms with van der Waals surface area (Å²) in [6.07, 6.45) is -2.85. The fraction of sp³-hybridized carbons (Fsp3) is 0.442. The van der Waals surface area contributed by atoms with Crippen LogP contribution in [-0.2, 0) is 64.3 Å². The Morgan fingerprint density at radius 1 is 0.547 bits per heavy atom. The molecule has 10 heteroatoms. The van der Waals surface area contributed by atoms with Gasteiger partial charge in [-0.05, 0) is 34.9 Å². The van der Waals surface area contributed by atoms with Crippen LogP contribution in [0.3, 0.4) is 0 Å². The molecule has 10 nitrogen and oxygen atoms in total. The number of benzene rings is 4. The zero-order valence-electron chi connectivity index (χ0n) is 30.6. The number of para-hydroxylation sites is 1. The molecular weight excluding hydrogens is 672 g/mol. The minimum absolute atomic E-state index is 0.280. The number of rotatable bonds is 16. The van der Waals surface area contributed by atoms with Crippen LogP contribution in [0.5, 0.6) is 0 Å². The van der Waals surface area contributed by atoms with Gasteiger partial charge in [0, 0.05) is 50.2 Å². The molecule has 7 rings (SSSR count). The average Bonchev–Trinajstić information content (AvgIpc) is 3.23. The molecule has 5 atom stereocenters. The molecule has 0 spiro atoms. The Bertz CT molecular complexity index is 1630. The van der Waals surface area contributed by atoms with Gasteiger partial charge < -0.3 is 47.7 Å². The van der Waals surface area contributed by atoms with E-state index in [4.69, 9.17) is 37.9 Å². The number of anilines is 2. The first-order chi connectivity index (χ1) is 26.2. The second-order valence-electron chi connectivity index (χ2n) is 13.6. The lowest BCUT2D eigenvalue weighted by Crippen LogP contribution is -2.61. The van der Waals surface area contributed by atoms with Gasteiger partial charge in [-0.2, -0.15) is 0 Å². The topological polar surface area (TPSA) is 80.3 Å². The molecule has 282 valence electrons. The highest BCUT2D eigenvalue weighted by molar-refractivity contribution is 5.53. The molecule has 0 aliphatic carbocycles. The van der Waals surface area contributed by atoms with Crippen molar-refractivity contribution >= 4 is 11.4 Å². The van der Waals surface area contributed by atoms with Crippen molar-refractivity contribution in [3.8, 4) is 0 Å². The number of methoxy groups -OCH3 is 1. The SMILES string of the molecule is COC1O[C@H](COCc2ccc(N3CCOCC3)cc2)[C@@H](OCc2ccccc2)[C@H](OCc2ccccc2)[C@H]1OCc1ccccc1N1CCOCC1. The van der Waals surface area contributed by atoms with Gasteiger partial charge in [-0.1, -0.05) is 91.0 Å². The van der Waals surface area contributed by atoms with E-state index in [1.807, 2.05) is 42.5 Å². The number of morpholine rings is 2. The molecule has 3 saturated heterocycles. The van der Waals surface area contributed by atoms with Crippen molar-refractivity contribution in [3.05, 3.63) is 131 Å². The zero-order valence-corrected chi connectivity index (χ0v) is 30.6. The molecule has 3 aliphatic heterocycles. The summed E-state index contributed by atoms with van der Waals surface area (Å²) in [5.41, 5.74) is 6.61. The molecule has 3 aliphatic rings. The van der Waals surface area contributed by atoms with Crippen molar-refractivity contribution in [2.45, 2.75) is 57.1 Å². The van der Waals surface area contributed by atoms with Gasteiger partial charge in [-0.15, -0.1) is 0 Å². The smallest absolute Gasteiger partial charge is 0.186 e. The maximum atomic E-state index is 6.81. The molecule has 0 bridgehead atoms. The van der Waals surface area contributed by atoms with E-state index in [0.29, 0.717) is 39.6 Å². The fourth-order valence-electron chi connectivity index (χ4n) is 7.15. The van der Waals surface area contributed by atoms with E-state index >= 15 is 0 Å². The van der Waals surface area contributed by atoms with E-state index < -0.39 is 30.7 Å². The predicted molar refractivity (Wildman–Crippen MR) is 203 cm³/mol. The molecule has 3 heterocycles. The van der Waals surface area contributed by atoms with Crippen molar-refractivity contribution in [2.75, 3.05) is 76.1 Å². The Balaban J connectivity index is 1.10. The summed E-state index contributed by atoms with van der Waals surface area (Å²) in [5, 5.41) is 0. The second-order valence-corrected chi connectivity index (χ2v) is 13.6. The molecule has 0 aromatic heterocycles. The van der Waals surface area contributed by atoms with Gasteiger partial charge in [0.15, 0.2) is 6.29 Å². The van der Waals surface area contributed by atoms with E-state index in [1.165, 1.54) is 5.69 Å². The number of nitrogens with zero attached hydrogens (tertiary/aromatic N) is 2. The van der Waals surface area contributed by atoms with Crippen LogP contribution in [0.25, 0.3) is 0 Å². The Kier molecular flexibility index (Phi) is 13.8. The molecule has 4 aromatic rings. The lowest BCUT2D eigenvalue weighted by molar-refractivity contribution is -0.323. The van der Waals surface area contributed by atoms with E-state index in [1.54, 1.807) is 7.11 Å². The van der Waals surface area contributed by atoms with Gasteiger partial charge in [-0.3, -0.25) is 0 Å². The lowest BCUT2D eigenvalue weighted by atomic mass is 9.97. The molecule has 1 unspecified atom stereocenters. The number of hydrogen-bond donors (Lipinski definition) is 0. The molecule has 0 saturated carbocycles. The molecule has 53 heavy (non-hydrogen) atoms. The first kappa shape index (κ1) is 37.5. The first-order valence-electron chi connectivity index (χ1n) is 18.8. The van der Waals surface area contributed by atoms with Crippen molar-refractivity contribution in [2.24, 2.45) is 0 Å². The predicted octanol–water partition coefficient (Wildman–Crippen LogP) is 6.00. The highest BCUT2D eigenvalue weighted by Crippen LogP contribution is 2.32. The Labute approximate surface area is 313 Å². The van der Waals surface area contributed by atoms with Crippen LogP contribution >= 0.6 is 0 Å². The lowest BCUT2D eigenvalue weighted by Gasteiger charge is -2.45. The normalized spacial score (nSPS) is 23.6. The van der Waals surface area contributed by atoms with Gasteiger partial charge in [0.05, 0.1) is 59.5 Å². The minimum atomic E-state index is -0.718. The minimum Gasteiger partial charge on any atom is -0.378 e. The van der Waals surface area contributed by atoms with Crippen LogP contribution in [0.15, 0.2) is 109 Å². The van der Waals surface area contributed by atoms with Gasteiger partial charge in [0.25, 0.3) is 0 Å². The van der Waals surface area contributed by atoms with Gasteiger partial charge >= 0.3 is 0 Å². The average molecular weight is 725 g/mol. The fourth-order valence-corrected chi connectivity index (χ4v) is 7.15. The third-order valence-electron chi connectivity index (χ3n) is 10.0. The number of ether oxygens (including phenoxy) is 8. The van der Waals surface area contributed by atoms with Crippen molar-refractivity contribution in [3.63, 3.8) is 0 Å². The highest BCUT2D eigenvalue weighted by atomic mass is 16.7. The molecule has 0 N–H and O–H groups in total. The summed E-state index contributed by atoms with van der Waals surface area (Å²) in [5.74, 6) is 0. The zero-order chi connectivity index (χ0) is 36.1. The van der Waals surface area contributed by atoms with Crippen LogP contribution in [0.4, 0.5) is 11.4 Å². The standard InChI is InChI=1S/C43H52N2O8/c1-46-43-42(52-31-36-14-8-9-15-38(36)45-22-26-48-27-23-45)41(51-30-34-12-6-3-7-13-34)40(50-29-33-10-4-2-5-11-33)39(53-43)32-49-28-35-16-18-37(19-17-35)44-20-24-47-25-21-44/h2-19,39-43H,20-32H2,1H3/t39-,40-,41+,42-,43?/m1/s1. The van der Waals surface area contributed by atoms with E-state index in [2.05, 4.69) is 76.5 Å². The van der Waals surface area contributed by atoms with Crippen LogP contribution in [-0.4, -0.2) is 97.0 Å². The van der Waals surface area contributed by atoms with Crippen molar-refractivity contribution in [1.29, 1.82) is 0 Å². The molecule has 3 fully saturated rings. The molecule has 0 radical (unpaired) electrons. The third-order valence-corrected chi connectivity index (χ3v) is 10.0. The summed E-state index contributed by atoms with van der Waals surface area (Å²) >= 11 is 0. The Morgan fingerprint density at radius 3 is 1.74 bits per heavy atom. The van der Waals surface area contributed by atoms with Gasteiger partial charge in [0.1, 0.15) is 24.4 Å². The molecule has 0 amide bonds. The van der Waals surface area contributed by atoms with Crippen LogP contribution in [0, 0.1) is 0 Å². The maximum absolute atomic E-state index is 6.81. The summed E-state index contributed by atoms with van der Waals surface area (Å²) < 4.78 is 50.6. The van der Waals surface area contributed by atoms with Crippen LogP contribution < -0.4 is 9.80 Å². The molecular formula is C43H52N2O8.